The summed E-state index contributed by atoms with van der Waals surface area (Å²) in [4.78, 5) is 7.26. The monoisotopic (exact) mass is 694 g/mol. The molecule has 256 valence electrons. The zero-order valence-corrected chi connectivity index (χ0v) is 29.9. The molecule has 4 nitrogen and oxygen atoms in total. The van der Waals surface area contributed by atoms with Gasteiger partial charge >= 0.3 is 0 Å². The standard InChI is InChI=1S/C50H34N2O2/c1-50(2)40-19-10-8-18-37(40)48-41(50)20-12-22-44(48)52(43-21-11-9-17-36(43)34-24-23-31-13-6-7-16-33(31)27-34)35-25-26-45-38(28-35)39-29-47-42(30-46(39)53-45)51-49(54-47)32-14-4-3-5-15-32/h3-30H,1-2H3. The van der Waals surface area contributed by atoms with Gasteiger partial charge in [0.25, 0.3) is 0 Å². The number of hydrogen-bond acceptors (Lipinski definition) is 4. The van der Waals surface area contributed by atoms with Crippen LogP contribution >= 0.6 is 0 Å². The van der Waals surface area contributed by atoms with Crippen molar-refractivity contribution in [3.8, 4) is 33.7 Å². The van der Waals surface area contributed by atoms with Crippen molar-refractivity contribution in [1.82, 2.24) is 4.98 Å². The van der Waals surface area contributed by atoms with Gasteiger partial charge in [0.2, 0.25) is 5.89 Å². The number of oxazole rings is 1. The number of nitrogens with zero attached hydrogens (tertiary/aromatic N) is 2. The van der Waals surface area contributed by atoms with Crippen LogP contribution in [0.2, 0.25) is 0 Å². The van der Waals surface area contributed by atoms with Crippen LogP contribution in [-0.2, 0) is 5.41 Å². The number of furan rings is 1. The third-order valence-electron chi connectivity index (χ3n) is 11.3. The van der Waals surface area contributed by atoms with Crippen molar-refractivity contribution in [2.45, 2.75) is 19.3 Å². The highest BCUT2D eigenvalue weighted by Gasteiger charge is 2.38. The fourth-order valence-corrected chi connectivity index (χ4v) is 8.63. The summed E-state index contributed by atoms with van der Waals surface area (Å²) in [5, 5.41) is 4.45. The molecule has 1 aliphatic rings. The molecular weight excluding hydrogens is 661 g/mol. The molecule has 8 aromatic carbocycles. The first-order valence-electron chi connectivity index (χ1n) is 18.5. The van der Waals surface area contributed by atoms with Crippen molar-refractivity contribution in [2.75, 3.05) is 4.90 Å². The molecule has 4 heteroatoms. The maximum atomic E-state index is 6.50. The van der Waals surface area contributed by atoms with Gasteiger partial charge in [0.15, 0.2) is 5.58 Å². The first-order chi connectivity index (χ1) is 26.5. The summed E-state index contributed by atoms with van der Waals surface area (Å²) in [6.45, 7) is 4.68. The number of hydrogen-bond donors (Lipinski definition) is 0. The lowest BCUT2D eigenvalue weighted by atomic mass is 9.82. The van der Waals surface area contributed by atoms with Gasteiger partial charge < -0.3 is 13.7 Å². The zero-order valence-electron chi connectivity index (χ0n) is 29.9. The van der Waals surface area contributed by atoms with Crippen molar-refractivity contribution in [3.05, 3.63) is 181 Å². The third-order valence-corrected chi connectivity index (χ3v) is 11.3. The molecule has 0 saturated heterocycles. The Morgan fingerprint density at radius 1 is 0.481 bits per heavy atom. The zero-order chi connectivity index (χ0) is 36.0. The summed E-state index contributed by atoms with van der Waals surface area (Å²) in [5.74, 6) is 0.598. The predicted molar refractivity (Wildman–Crippen MR) is 222 cm³/mol. The summed E-state index contributed by atoms with van der Waals surface area (Å²) in [6, 6.07) is 60.4. The Kier molecular flexibility index (Phi) is 6.56. The minimum Gasteiger partial charge on any atom is -0.456 e. The quantitative estimate of drug-likeness (QED) is 0.180. The van der Waals surface area contributed by atoms with Gasteiger partial charge in [-0.05, 0) is 87.6 Å². The van der Waals surface area contributed by atoms with E-state index >= 15 is 0 Å². The molecule has 0 N–H and O–H groups in total. The Balaban J connectivity index is 1.16. The molecule has 0 atom stereocenters. The van der Waals surface area contributed by atoms with Crippen LogP contribution in [0.3, 0.4) is 0 Å². The van der Waals surface area contributed by atoms with Crippen LogP contribution < -0.4 is 4.90 Å². The van der Waals surface area contributed by atoms with Crippen LogP contribution in [0, 0.1) is 0 Å². The molecule has 54 heavy (non-hydrogen) atoms. The van der Waals surface area contributed by atoms with Gasteiger partial charge in [-0.2, -0.15) is 0 Å². The van der Waals surface area contributed by atoms with Crippen LogP contribution in [0.25, 0.3) is 77.5 Å². The van der Waals surface area contributed by atoms with E-state index in [9.17, 15) is 0 Å². The molecule has 1 aliphatic carbocycles. The lowest BCUT2D eigenvalue weighted by Gasteiger charge is -2.30. The Bertz CT molecular complexity index is 3100. The summed E-state index contributed by atoms with van der Waals surface area (Å²) < 4.78 is 12.8. The fraction of sp³-hybridized carbons (Fsp3) is 0.0600. The molecule has 0 radical (unpaired) electrons. The highest BCUT2D eigenvalue weighted by atomic mass is 16.4. The van der Waals surface area contributed by atoms with Crippen molar-refractivity contribution in [1.29, 1.82) is 0 Å². The van der Waals surface area contributed by atoms with Gasteiger partial charge in [0.05, 0.1) is 11.4 Å². The molecule has 0 saturated carbocycles. The molecule has 2 heterocycles. The van der Waals surface area contributed by atoms with Crippen molar-refractivity contribution < 1.29 is 8.83 Å². The second-order valence-electron chi connectivity index (χ2n) is 14.8. The maximum Gasteiger partial charge on any atom is 0.227 e. The minimum atomic E-state index is -0.142. The van der Waals surface area contributed by atoms with E-state index in [4.69, 9.17) is 13.8 Å². The Labute approximate surface area is 312 Å². The molecule has 0 aliphatic heterocycles. The molecule has 10 aromatic rings. The van der Waals surface area contributed by atoms with E-state index in [1.807, 2.05) is 36.4 Å². The van der Waals surface area contributed by atoms with Crippen LogP contribution in [0.15, 0.2) is 179 Å². The number of anilines is 3. The van der Waals surface area contributed by atoms with E-state index in [2.05, 4.69) is 152 Å². The summed E-state index contributed by atoms with van der Waals surface area (Å²) in [7, 11) is 0. The van der Waals surface area contributed by atoms with E-state index < -0.39 is 0 Å². The van der Waals surface area contributed by atoms with Crippen molar-refractivity contribution in [2.24, 2.45) is 0 Å². The number of para-hydroxylation sites is 1. The molecule has 0 bridgehead atoms. The van der Waals surface area contributed by atoms with Gasteiger partial charge in [-0.1, -0.05) is 123 Å². The highest BCUT2D eigenvalue weighted by Crippen LogP contribution is 2.55. The molecule has 2 aromatic heterocycles. The second-order valence-corrected chi connectivity index (χ2v) is 14.8. The lowest BCUT2D eigenvalue weighted by Crippen LogP contribution is -2.16. The summed E-state index contributed by atoms with van der Waals surface area (Å²) >= 11 is 0. The maximum absolute atomic E-state index is 6.50. The highest BCUT2D eigenvalue weighted by molar-refractivity contribution is 6.11. The van der Waals surface area contributed by atoms with E-state index in [-0.39, 0.29) is 5.41 Å². The number of fused-ring (bicyclic) bond motifs is 8. The SMILES string of the molecule is CC1(C)c2ccccc2-c2c(N(c3ccc4oc5cc6nc(-c7ccccc7)oc6cc5c4c3)c3ccccc3-c3ccc4ccccc4c3)cccc21. The second kappa shape index (κ2) is 11.5. The minimum absolute atomic E-state index is 0.142. The number of benzene rings is 8. The van der Waals surface area contributed by atoms with Crippen LogP contribution in [-0.4, -0.2) is 4.98 Å². The van der Waals surface area contributed by atoms with Crippen LogP contribution in [0.1, 0.15) is 25.0 Å². The normalized spacial score (nSPS) is 13.1. The van der Waals surface area contributed by atoms with E-state index in [1.165, 1.54) is 38.6 Å². The summed E-state index contributed by atoms with van der Waals surface area (Å²) in [6.07, 6.45) is 0. The molecular formula is C50H34N2O2. The van der Waals surface area contributed by atoms with E-state index in [0.29, 0.717) is 5.89 Å². The molecule has 0 fully saturated rings. The molecule has 0 unspecified atom stereocenters. The average Bonchev–Trinajstić information content (AvgIpc) is 3.87. The van der Waals surface area contributed by atoms with Gasteiger partial charge in [0.1, 0.15) is 16.7 Å². The lowest BCUT2D eigenvalue weighted by molar-refractivity contribution is 0.620. The predicted octanol–water partition coefficient (Wildman–Crippen LogP) is 14.0. The summed E-state index contributed by atoms with van der Waals surface area (Å²) in [5.41, 5.74) is 14.7. The number of rotatable bonds is 5. The van der Waals surface area contributed by atoms with E-state index in [0.717, 1.165) is 61.2 Å². The smallest absolute Gasteiger partial charge is 0.227 e. The van der Waals surface area contributed by atoms with Gasteiger partial charge in [0, 0.05) is 44.6 Å². The van der Waals surface area contributed by atoms with Crippen molar-refractivity contribution in [3.63, 3.8) is 0 Å². The topological polar surface area (TPSA) is 42.4 Å². The number of aromatic nitrogens is 1. The Morgan fingerprint density at radius 2 is 1.20 bits per heavy atom. The average molecular weight is 695 g/mol. The molecule has 11 rings (SSSR count). The third kappa shape index (κ3) is 4.60. The van der Waals surface area contributed by atoms with Crippen LogP contribution in [0.4, 0.5) is 17.1 Å². The Hall–Kier alpha value is -6.91. The van der Waals surface area contributed by atoms with Gasteiger partial charge in [-0.15, -0.1) is 0 Å². The van der Waals surface area contributed by atoms with E-state index in [1.54, 1.807) is 0 Å². The van der Waals surface area contributed by atoms with Gasteiger partial charge in [-0.25, -0.2) is 4.98 Å². The van der Waals surface area contributed by atoms with Gasteiger partial charge in [-0.3, -0.25) is 0 Å². The molecule has 0 amide bonds. The van der Waals surface area contributed by atoms with Crippen molar-refractivity contribution >= 4 is 60.9 Å². The Morgan fingerprint density at radius 3 is 2.09 bits per heavy atom. The largest absolute Gasteiger partial charge is 0.456 e. The van der Waals surface area contributed by atoms with Crippen LogP contribution in [0.5, 0.6) is 0 Å². The first kappa shape index (κ1) is 30.7. The molecule has 0 spiro atoms. The fourth-order valence-electron chi connectivity index (χ4n) is 8.63. The first-order valence-corrected chi connectivity index (χ1v) is 18.5.